The molecule has 2 N–H and O–H groups in total. The average molecular weight is 462 g/mol. The number of rotatable bonds is 9. The Kier molecular flexibility index (Phi) is 8.18. The fourth-order valence-corrected chi connectivity index (χ4v) is 3.35. The number of carbonyl (C=O) groups is 1. The maximum Gasteiger partial charge on any atom is 0.248 e. The van der Waals surface area contributed by atoms with Crippen molar-refractivity contribution in [1.29, 1.82) is 0 Å². The van der Waals surface area contributed by atoms with E-state index < -0.39 is 0 Å². The molecule has 0 saturated carbocycles. The van der Waals surface area contributed by atoms with Crippen LogP contribution in [0.15, 0.2) is 60.7 Å². The fraction of sp³-hybridized carbons (Fsp3) is 0.148. The van der Waals surface area contributed by atoms with Crippen LogP contribution in [0.25, 0.3) is 18.2 Å². The van der Waals surface area contributed by atoms with Crippen LogP contribution in [0.4, 0.5) is 5.69 Å². The molecule has 34 heavy (non-hydrogen) atoms. The molecular weight excluding hydrogens is 434 g/mol. The number of hydrogen-bond donors (Lipinski definition) is 2. The third-order valence-corrected chi connectivity index (χ3v) is 4.99. The third kappa shape index (κ3) is 5.69. The summed E-state index contributed by atoms with van der Waals surface area (Å²) >= 11 is 0. The fourth-order valence-electron chi connectivity index (χ4n) is 3.35. The van der Waals surface area contributed by atoms with Gasteiger partial charge >= 0.3 is 0 Å². The highest BCUT2D eigenvalue weighted by Gasteiger charge is 2.15. The second kappa shape index (κ2) is 11.5. The van der Waals surface area contributed by atoms with Crippen LogP contribution in [0.5, 0.6) is 28.7 Å². The number of amides is 1. The van der Waals surface area contributed by atoms with Gasteiger partial charge in [0, 0.05) is 11.6 Å². The number of anilines is 1. The second-order valence-electron chi connectivity index (χ2n) is 7.11. The van der Waals surface area contributed by atoms with Gasteiger partial charge in [0.1, 0.15) is 0 Å². The summed E-state index contributed by atoms with van der Waals surface area (Å²) in [6.07, 6.45) is 6.74. The highest BCUT2D eigenvalue weighted by molar-refractivity contribution is 6.04. The average Bonchev–Trinajstić information content (AvgIpc) is 2.87. The maximum absolute atomic E-state index is 12.6. The minimum atomic E-state index is -0.366. The maximum atomic E-state index is 12.6. The molecule has 3 aromatic rings. The third-order valence-electron chi connectivity index (χ3n) is 4.99. The summed E-state index contributed by atoms with van der Waals surface area (Å²) in [7, 11) is 6.06. The van der Waals surface area contributed by atoms with Gasteiger partial charge in [0.05, 0.1) is 34.1 Å². The molecule has 0 bridgehead atoms. The van der Waals surface area contributed by atoms with Gasteiger partial charge in [0.2, 0.25) is 11.7 Å². The number of hydrogen-bond acceptors (Lipinski definition) is 6. The number of aromatic hydroxyl groups is 1. The Morgan fingerprint density at radius 1 is 0.765 bits per heavy atom. The van der Waals surface area contributed by atoms with Crippen LogP contribution < -0.4 is 24.3 Å². The predicted octanol–water partition coefficient (Wildman–Crippen LogP) is 5.25. The number of nitrogens with one attached hydrogen (secondary N) is 1. The molecular formula is C27H27NO6. The highest BCUT2D eigenvalue weighted by atomic mass is 16.5. The van der Waals surface area contributed by atoms with Crippen LogP contribution in [0.2, 0.25) is 0 Å². The van der Waals surface area contributed by atoms with Gasteiger partial charge in [0.25, 0.3) is 0 Å². The molecule has 0 radical (unpaired) electrons. The van der Waals surface area contributed by atoms with E-state index in [4.69, 9.17) is 18.9 Å². The molecule has 3 rings (SSSR count). The molecule has 0 aromatic heterocycles. The lowest BCUT2D eigenvalue weighted by Crippen LogP contribution is -2.10. The van der Waals surface area contributed by atoms with Gasteiger partial charge in [-0.3, -0.25) is 4.79 Å². The molecule has 1 amide bonds. The molecule has 0 aliphatic carbocycles. The van der Waals surface area contributed by atoms with Gasteiger partial charge in [-0.15, -0.1) is 0 Å². The van der Waals surface area contributed by atoms with Crippen molar-refractivity contribution in [2.24, 2.45) is 0 Å². The number of methoxy groups -OCH3 is 4. The Bertz CT molecular complexity index is 1180. The smallest absolute Gasteiger partial charge is 0.248 e. The molecule has 0 aliphatic heterocycles. The topological polar surface area (TPSA) is 86.2 Å². The van der Waals surface area contributed by atoms with Crippen molar-refractivity contribution in [3.8, 4) is 28.7 Å². The first-order valence-electron chi connectivity index (χ1n) is 10.4. The summed E-state index contributed by atoms with van der Waals surface area (Å²) in [6.45, 7) is 0. The summed E-state index contributed by atoms with van der Waals surface area (Å²) in [5.74, 6) is 1.23. The number of ether oxygens (including phenoxy) is 4. The van der Waals surface area contributed by atoms with Crippen LogP contribution in [-0.2, 0) is 4.79 Å². The highest BCUT2D eigenvalue weighted by Crippen LogP contribution is 2.40. The molecule has 176 valence electrons. The standard InChI is InChI=1S/C27H27NO6/c1-31-22-16-19(17-23(32-2)27(22)34-4)10-12-20-13-14-21(29)26(33-3)25(20)28-24(30)15-11-18-8-6-5-7-9-18/h5-17,29H,1-4H3,(H,28,30)/b12-10?,15-11+. The van der Waals surface area contributed by atoms with Gasteiger partial charge in [-0.1, -0.05) is 42.5 Å². The molecule has 0 unspecified atom stereocenters. The molecule has 0 aliphatic rings. The second-order valence-corrected chi connectivity index (χ2v) is 7.11. The van der Waals surface area contributed by atoms with E-state index >= 15 is 0 Å². The van der Waals surface area contributed by atoms with E-state index in [1.54, 1.807) is 51.7 Å². The number of benzene rings is 3. The van der Waals surface area contributed by atoms with Crippen LogP contribution in [0, 0.1) is 0 Å². The van der Waals surface area contributed by atoms with Gasteiger partial charge < -0.3 is 29.4 Å². The Morgan fingerprint density at radius 2 is 1.41 bits per heavy atom. The van der Waals surface area contributed by atoms with E-state index in [1.165, 1.54) is 19.3 Å². The van der Waals surface area contributed by atoms with Crippen LogP contribution in [0.1, 0.15) is 16.7 Å². The van der Waals surface area contributed by atoms with Crippen LogP contribution in [-0.4, -0.2) is 39.5 Å². The molecule has 3 aromatic carbocycles. The molecule has 0 saturated heterocycles. The summed E-state index contributed by atoms with van der Waals surface area (Å²) in [5, 5.41) is 13.1. The van der Waals surface area contributed by atoms with Gasteiger partial charge in [-0.25, -0.2) is 0 Å². The van der Waals surface area contributed by atoms with Gasteiger partial charge in [-0.05, 0) is 41.5 Å². The van der Waals surface area contributed by atoms with Crippen molar-refractivity contribution >= 4 is 29.8 Å². The van der Waals surface area contributed by atoms with E-state index in [1.807, 2.05) is 36.4 Å². The minimum absolute atomic E-state index is 0.0882. The van der Waals surface area contributed by atoms with E-state index in [2.05, 4.69) is 5.32 Å². The molecule has 0 heterocycles. The minimum Gasteiger partial charge on any atom is -0.504 e. The Hall–Kier alpha value is -4.39. The first kappa shape index (κ1) is 24.3. The first-order chi connectivity index (χ1) is 16.5. The Morgan fingerprint density at radius 3 is 2.00 bits per heavy atom. The lowest BCUT2D eigenvalue weighted by molar-refractivity contribution is -0.111. The van der Waals surface area contributed by atoms with E-state index in [-0.39, 0.29) is 17.4 Å². The summed E-state index contributed by atoms with van der Waals surface area (Å²) in [5.41, 5.74) is 2.64. The number of phenols is 1. The van der Waals surface area contributed by atoms with E-state index in [9.17, 15) is 9.90 Å². The van der Waals surface area contributed by atoms with E-state index in [0.29, 0.717) is 28.5 Å². The Balaban J connectivity index is 1.94. The van der Waals surface area contributed by atoms with Crippen LogP contribution >= 0.6 is 0 Å². The molecule has 0 atom stereocenters. The summed E-state index contributed by atoms with van der Waals surface area (Å²) < 4.78 is 21.5. The summed E-state index contributed by atoms with van der Waals surface area (Å²) in [4.78, 5) is 12.6. The van der Waals surface area contributed by atoms with Crippen molar-refractivity contribution in [1.82, 2.24) is 0 Å². The van der Waals surface area contributed by atoms with Crippen LogP contribution in [0.3, 0.4) is 0 Å². The van der Waals surface area contributed by atoms with Crippen molar-refractivity contribution in [3.05, 3.63) is 77.4 Å². The van der Waals surface area contributed by atoms with Gasteiger partial charge in [0.15, 0.2) is 23.0 Å². The first-order valence-corrected chi connectivity index (χ1v) is 10.4. The number of carbonyl (C=O) groups excluding carboxylic acids is 1. The van der Waals surface area contributed by atoms with Crippen molar-refractivity contribution in [2.75, 3.05) is 33.8 Å². The lowest BCUT2D eigenvalue weighted by atomic mass is 10.1. The monoisotopic (exact) mass is 461 g/mol. The molecule has 7 nitrogen and oxygen atoms in total. The normalized spacial score (nSPS) is 10.9. The van der Waals surface area contributed by atoms with E-state index in [0.717, 1.165) is 11.1 Å². The van der Waals surface area contributed by atoms with Crippen molar-refractivity contribution in [2.45, 2.75) is 0 Å². The lowest BCUT2D eigenvalue weighted by Gasteiger charge is -2.14. The zero-order chi connectivity index (χ0) is 24.5. The largest absolute Gasteiger partial charge is 0.504 e. The van der Waals surface area contributed by atoms with Crippen molar-refractivity contribution < 1.29 is 28.8 Å². The zero-order valence-electron chi connectivity index (χ0n) is 19.5. The zero-order valence-corrected chi connectivity index (χ0v) is 19.5. The number of phenolic OH excluding ortho intramolecular Hbond substituents is 1. The Labute approximate surface area is 198 Å². The molecule has 0 fully saturated rings. The van der Waals surface area contributed by atoms with Gasteiger partial charge in [-0.2, -0.15) is 0 Å². The predicted molar refractivity (Wildman–Crippen MR) is 134 cm³/mol. The van der Waals surface area contributed by atoms with Crippen molar-refractivity contribution in [3.63, 3.8) is 0 Å². The SMILES string of the molecule is COc1cc(C=Cc2ccc(O)c(OC)c2NC(=O)/C=C/c2ccccc2)cc(OC)c1OC. The summed E-state index contributed by atoms with van der Waals surface area (Å²) in [6, 6.07) is 16.3. The quantitative estimate of drug-likeness (QED) is 0.334. The molecule has 7 heteroatoms. The molecule has 0 spiro atoms.